The first-order valence-electron chi connectivity index (χ1n) is 6.82. The first kappa shape index (κ1) is 14.9. The molecule has 0 radical (unpaired) electrons. The van der Waals surface area contributed by atoms with Gasteiger partial charge in [0.2, 0.25) is 0 Å². The molecule has 17 heavy (non-hydrogen) atoms. The van der Waals surface area contributed by atoms with Crippen LogP contribution in [0.2, 0.25) is 18.1 Å². The fourth-order valence-electron chi connectivity index (χ4n) is 2.18. The van der Waals surface area contributed by atoms with Gasteiger partial charge in [0.25, 0.3) is 0 Å². The summed E-state index contributed by atoms with van der Waals surface area (Å²) in [6.07, 6.45) is 4.57. The standard InChI is InChI=1S/C14H28O2Si/c1-11(15)12-7-9-13(10-8-12)16-17(5,6)14(2,3)4/h12-13H,7-10H2,1-6H3/t12-,13-. The lowest BCUT2D eigenvalue weighted by molar-refractivity contribution is -0.122. The minimum absolute atomic E-state index is 0.282. The molecule has 0 bridgehead atoms. The molecule has 1 saturated carbocycles. The van der Waals surface area contributed by atoms with E-state index in [1.54, 1.807) is 6.92 Å². The van der Waals surface area contributed by atoms with Crippen LogP contribution in [0.15, 0.2) is 0 Å². The first-order chi connectivity index (χ1) is 7.63. The van der Waals surface area contributed by atoms with Gasteiger partial charge in [-0.3, -0.25) is 4.79 Å². The molecule has 100 valence electrons. The fraction of sp³-hybridized carbons (Fsp3) is 0.929. The van der Waals surface area contributed by atoms with E-state index in [1.165, 1.54) is 0 Å². The van der Waals surface area contributed by atoms with Crippen LogP contribution in [0.5, 0.6) is 0 Å². The van der Waals surface area contributed by atoms with Crippen molar-refractivity contribution in [3.63, 3.8) is 0 Å². The summed E-state index contributed by atoms with van der Waals surface area (Å²) in [5, 5.41) is 0.282. The predicted molar refractivity (Wildman–Crippen MR) is 74.7 cm³/mol. The third-order valence-electron chi connectivity index (χ3n) is 4.52. The van der Waals surface area contributed by atoms with Crippen molar-refractivity contribution in [1.82, 2.24) is 0 Å². The van der Waals surface area contributed by atoms with Gasteiger partial charge in [0.1, 0.15) is 5.78 Å². The number of ketones is 1. The van der Waals surface area contributed by atoms with Crippen molar-refractivity contribution in [2.45, 2.75) is 77.6 Å². The third-order valence-corrected chi connectivity index (χ3v) is 9.05. The van der Waals surface area contributed by atoms with E-state index in [9.17, 15) is 4.79 Å². The fourth-order valence-corrected chi connectivity index (χ4v) is 3.60. The molecule has 1 rings (SSSR count). The molecule has 1 aliphatic carbocycles. The Kier molecular flexibility index (Phi) is 4.58. The lowest BCUT2D eigenvalue weighted by Crippen LogP contribution is -2.44. The summed E-state index contributed by atoms with van der Waals surface area (Å²) in [5.41, 5.74) is 0. The van der Waals surface area contributed by atoms with Crippen LogP contribution in [0.25, 0.3) is 0 Å². The van der Waals surface area contributed by atoms with Crippen molar-refractivity contribution in [1.29, 1.82) is 0 Å². The van der Waals surface area contributed by atoms with Crippen LogP contribution in [0.3, 0.4) is 0 Å². The maximum absolute atomic E-state index is 11.3. The molecular formula is C14H28O2Si. The summed E-state index contributed by atoms with van der Waals surface area (Å²) in [6.45, 7) is 13.2. The van der Waals surface area contributed by atoms with Crippen LogP contribution in [0.1, 0.15) is 53.4 Å². The lowest BCUT2D eigenvalue weighted by atomic mass is 9.85. The summed E-state index contributed by atoms with van der Waals surface area (Å²) < 4.78 is 6.40. The zero-order chi connectivity index (χ0) is 13.3. The summed E-state index contributed by atoms with van der Waals surface area (Å²) in [5.74, 6) is 0.657. The van der Waals surface area contributed by atoms with Crippen LogP contribution in [-0.4, -0.2) is 20.2 Å². The molecule has 0 heterocycles. The molecule has 0 aromatic rings. The second kappa shape index (κ2) is 5.23. The number of carbonyl (C=O) groups excluding carboxylic acids is 1. The molecule has 0 aromatic carbocycles. The normalized spacial score (nSPS) is 26.9. The minimum Gasteiger partial charge on any atom is -0.414 e. The highest BCUT2D eigenvalue weighted by Gasteiger charge is 2.39. The molecule has 3 heteroatoms. The number of Topliss-reactive ketones (excluding diaryl/α,β-unsaturated/α-hetero) is 1. The maximum atomic E-state index is 11.3. The summed E-state index contributed by atoms with van der Waals surface area (Å²) >= 11 is 0. The molecule has 0 saturated heterocycles. The van der Waals surface area contributed by atoms with Crippen molar-refractivity contribution in [2.24, 2.45) is 5.92 Å². The second-order valence-electron chi connectivity index (χ2n) is 6.96. The molecule has 0 unspecified atom stereocenters. The topological polar surface area (TPSA) is 26.3 Å². The van der Waals surface area contributed by atoms with Crippen molar-refractivity contribution in [3.8, 4) is 0 Å². The van der Waals surface area contributed by atoms with Gasteiger partial charge < -0.3 is 4.43 Å². The molecule has 0 aliphatic heterocycles. The van der Waals surface area contributed by atoms with Crippen molar-refractivity contribution in [3.05, 3.63) is 0 Å². The second-order valence-corrected chi connectivity index (χ2v) is 11.7. The Morgan fingerprint density at radius 2 is 1.59 bits per heavy atom. The minimum atomic E-state index is -1.63. The van der Waals surface area contributed by atoms with Crippen LogP contribution >= 0.6 is 0 Å². The van der Waals surface area contributed by atoms with Gasteiger partial charge in [0.05, 0.1) is 0 Å². The highest BCUT2D eigenvalue weighted by Crippen LogP contribution is 2.39. The van der Waals surface area contributed by atoms with E-state index in [0.29, 0.717) is 17.8 Å². The Labute approximate surface area is 107 Å². The average molecular weight is 256 g/mol. The molecule has 1 fully saturated rings. The summed E-state index contributed by atoms with van der Waals surface area (Å²) in [7, 11) is -1.63. The van der Waals surface area contributed by atoms with E-state index in [1.807, 2.05) is 0 Å². The van der Waals surface area contributed by atoms with Crippen molar-refractivity contribution >= 4 is 14.1 Å². The zero-order valence-corrected chi connectivity index (χ0v) is 13.3. The summed E-state index contributed by atoms with van der Waals surface area (Å²) in [4.78, 5) is 11.3. The number of hydrogen-bond donors (Lipinski definition) is 0. The van der Waals surface area contributed by atoms with Crippen LogP contribution < -0.4 is 0 Å². The Hall–Kier alpha value is -0.153. The number of hydrogen-bond acceptors (Lipinski definition) is 2. The lowest BCUT2D eigenvalue weighted by Gasteiger charge is -2.41. The number of carbonyl (C=O) groups is 1. The maximum Gasteiger partial charge on any atom is 0.192 e. The Bertz CT molecular complexity index is 270. The largest absolute Gasteiger partial charge is 0.414 e. The highest BCUT2D eigenvalue weighted by atomic mass is 28.4. The smallest absolute Gasteiger partial charge is 0.192 e. The van der Waals surface area contributed by atoms with Gasteiger partial charge in [-0.1, -0.05) is 20.8 Å². The van der Waals surface area contributed by atoms with E-state index in [-0.39, 0.29) is 5.04 Å². The van der Waals surface area contributed by atoms with Crippen LogP contribution in [-0.2, 0) is 9.22 Å². The molecule has 0 N–H and O–H groups in total. The first-order valence-corrected chi connectivity index (χ1v) is 9.72. The van der Waals surface area contributed by atoms with Gasteiger partial charge in [0.15, 0.2) is 8.32 Å². The van der Waals surface area contributed by atoms with Gasteiger partial charge in [-0.2, -0.15) is 0 Å². The molecule has 0 amide bonds. The van der Waals surface area contributed by atoms with E-state index in [4.69, 9.17) is 4.43 Å². The van der Waals surface area contributed by atoms with Crippen molar-refractivity contribution < 1.29 is 9.22 Å². The number of rotatable bonds is 3. The molecule has 0 aromatic heterocycles. The molecule has 1 aliphatic rings. The third kappa shape index (κ3) is 3.92. The molecule has 0 atom stereocenters. The molecular weight excluding hydrogens is 228 g/mol. The van der Waals surface area contributed by atoms with E-state index in [2.05, 4.69) is 33.9 Å². The van der Waals surface area contributed by atoms with Crippen LogP contribution in [0, 0.1) is 5.92 Å². The van der Waals surface area contributed by atoms with E-state index >= 15 is 0 Å². The SMILES string of the molecule is CC(=O)[C@H]1CC[C@H](O[Si](C)(C)C(C)(C)C)CC1. The average Bonchev–Trinajstić information content (AvgIpc) is 2.16. The van der Waals surface area contributed by atoms with Gasteiger partial charge >= 0.3 is 0 Å². The van der Waals surface area contributed by atoms with Gasteiger partial charge in [-0.15, -0.1) is 0 Å². The Balaban J connectivity index is 2.48. The highest BCUT2D eigenvalue weighted by molar-refractivity contribution is 6.74. The van der Waals surface area contributed by atoms with Gasteiger partial charge in [-0.05, 0) is 50.7 Å². The van der Waals surface area contributed by atoms with Gasteiger partial charge in [-0.25, -0.2) is 0 Å². The zero-order valence-electron chi connectivity index (χ0n) is 12.3. The van der Waals surface area contributed by atoms with E-state index < -0.39 is 8.32 Å². The van der Waals surface area contributed by atoms with E-state index in [0.717, 1.165) is 25.7 Å². The quantitative estimate of drug-likeness (QED) is 0.709. The summed E-state index contributed by atoms with van der Waals surface area (Å²) in [6, 6.07) is 0. The van der Waals surface area contributed by atoms with Gasteiger partial charge in [0, 0.05) is 12.0 Å². The molecule has 2 nitrogen and oxygen atoms in total. The molecule has 0 spiro atoms. The predicted octanol–water partition coefficient (Wildman–Crippen LogP) is 4.16. The Morgan fingerprint density at radius 3 is 1.94 bits per heavy atom. The Morgan fingerprint density at radius 1 is 1.12 bits per heavy atom. The van der Waals surface area contributed by atoms with Crippen molar-refractivity contribution in [2.75, 3.05) is 0 Å². The van der Waals surface area contributed by atoms with Crippen LogP contribution in [0.4, 0.5) is 0 Å². The monoisotopic (exact) mass is 256 g/mol.